The predicted octanol–water partition coefficient (Wildman–Crippen LogP) is 3.00. The van der Waals surface area contributed by atoms with Crippen molar-refractivity contribution in [2.45, 2.75) is 18.6 Å². The van der Waals surface area contributed by atoms with Crippen molar-refractivity contribution in [3.05, 3.63) is 41.6 Å². The molecular formula is C16H19N3O3S. The monoisotopic (exact) mass is 333 g/mol. The second-order valence-electron chi connectivity index (χ2n) is 4.50. The lowest BCUT2D eigenvalue weighted by Crippen LogP contribution is -2.13. The molecule has 0 saturated heterocycles. The summed E-state index contributed by atoms with van der Waals surface area (Å²) in [7, 11) is 1.62. The molecule has 0 aliphatic carbocycles. The molecule has 6 nitrogen and oxygen atoms in total. The number of hydrogen-bond acceptors (Lipinski definition) is 7. The minimum Gasteiger partial charge on any atom is -0.496 e. The molecule has 1 aromatic heterocycles. The van der Waals surface area contributed by atoms with Gasteiger partial charge >= 0.3 is 5.97 Å². The van der Waals surface area contributed by atoms with E-state index in [2.05, 4.69) is 15.3 Å². The van der Waals surface area contributed by atoms with Crippen molar-refractivity contribution in [2.24, 2.45) is 0 Å². The summed E-state index contributed by atoms with van der Waals surface area (Å²) in [5, 5.41) is 3.76. The molecule has 1 N–H and O–H groups in total. The second kappa shape index (κ2) is 8.38. The average molecular weight is 333 g/mol. The maximum absolute atomic E-state index is 12.0. The number of ether oxygens (including phenoxy) is 2. The Morgan fingerprint density at radius 2 is 2.13 bits per heavy atom. The van der Waals surface area contributed by atoms with Gasteiger partial charge in [0.1, 0.15) is 17.1 Å². The van der Waals surface area contributed by atoms with Crippen LogP contribution in [0.15, 0.2) is 35.6 Å². The Kier molecular flexibility index (Phi) is 6.22. The number of benzene rings is 1. The van der Waals surface area contributed by atoms with Crippen LogP contribution in [0.5, 0.6) is 5.75 Å². The fraction of sp³-hybridized carbons (Fsp3) is 0.312. The maximum atomic E-state index is 12.0. The van der Waals surface area contributed by atoms with Crippen LogP contribution < -0.4 is 10.1 Å². The number of hydrogen-bond donors (Lipinski definition) is 1. The summed E-state index contributed by atoms with van der Waals surface area (Å²) in [5.41, 5.74) is 1.29. The van der Waals surface area contributed by atoms with Crippen molar-refractivity contribution in [1.82, 2.24) is 9.97 Å². The fourth-order valence-electron chi connectivity index (χ4n) is 1.98. The molecule has 23 heavy (non-hydrogen) atoms. The third kappa shape index (κ3) is 4.35. The van der Waals surface area contributed by atoms with Gasteiger partial charge < -0.3 is 14.8 Å². The van der Waals surface area contributed by atoms with Gasteiger partial charge in [-0.25, -0.2) is 14.8 Å². The first-order valence-corrected chi connectivity index (χ1v) is 8.36. The van der Waals surface area contributed by atoms with Crippen LogP contribution in [-0.4, -0.2) is 35.9 Å². The summed E-state index contributed by atoms with van der Waals surface area (Å²) < 4.78 is 10.4. The number of anilines is 1. The van der Waals surface area contributed by atoms with Gasteiger partial charge in [-0.05, 0) is 19.2 Å². The highest BCUT2D eigenvalue weighted by atomic mass is 32.2. The topological polar surface area (TPSA) is 73.3 Å². The first kappa shape index (κ1) is 17.1. The molecule has 7 heteroatoms. The Morgan fingerprint density at radius 1 is 1.35 bits per heavy atom. The summed E-state index contributed by atoms with van der Waals surface area (Å²) in [6.45, 7) is 2.53. The molecule has 0 aliphatic heterocycles. The van der Waals surface area contributed by atoms with E-state index < -0.39 is 5.97 Å². The van der Waals surface area contributed by atoms with Crippen molar-refractivity contribution in [3.8, 4) is 5.75 Å². The van der Waals surface area contributed by atoms with E-state index in [1.165, 1.54) is 18.0 Å². The van der Waals surface area contributed by atoms with Crippen LogP contribution in [0.3, 0.4) is 0 Å². The summed E-state index contributed by atoms with van der Waals surface area (Å²) in [4.78, 5) is 20.5. The minimum atomic E-state index is -0.442. The molecule has 2 aromatic rings. The Morgan fingerprint density at radius 3 is 2.83 bits per heavy atom. The zero-order valence-corrected chi connectivity index (χ0v) is 14.1. The fourth-order valence-corrected chi connectivity index (χ4v) is 2.33. The van der Waals surface area contributed by atoms with Crippen LogP contribution in [-0.2, 0) is 11.3 Å². The van der Waals surface area contributed by atoms with Crippen molar-refractivity contribution in [2.75, 3.05) is 25.3 Å². The van der Waals surface area contributed by atoms with Gasteiger partial charge in [0.05, 0.1) is 13.7 Å². The van der Waals surface area contributed by atoms with Crippen LogP contribution in [0.4, 0.5) is 5.82 Å². The number of carbonyl (C=O) groups is 1. The zero-order chi connectivity index (χ0) is 16.7. The number of carbonyl (C=O) groups excluding carboxylic acids is 1. The first-order valence-electron chi connectivity index (χ1n) is 7.13. The molecule has 0 aliphatic rings. The summed E-state index contributed by atoms with van der Waals surface area (Å²) in [5.74, 6) is 0.785. The molecule has 0 spiro atoms. The molecule has 0 fully saturated rings. The van der Waals surface area contributed by atoms with Gasteiger partial charge in [-0.2, -0.15) is 0 Å². The molecule has 0 saturated carbocycles. The SMILES string of the molecule is CCOC(=O)c1cnc(SC)nc1NCc1ccccc1OC. The average Bonchev–Trinajstić information content (AvgIpc) is 2.60. The van der Waals surface area contributed by atoms with Crippen molar-refractivity contribution in [3.63, 3.8) is 0 Å². The van der Waals surface area contributed by atoms with E-state index in [9.17, 15) is 4.79 Å². The lowest BCUT2D eigenvalue weighted by atomic mass is 10.2. The van der Waals surface area contributed by atoms with E-state index in [1.807, 2.05) is 30.5 Å². The van der Waals surface area contributed by atoms with Gasteiger partial charge in [-0.1, -0.05) is 30.0 Å². The van der Waals surface area contributed by atoms with Gasteiger partial charge in [0.2, 0.25) is 0 Å². The number of thioether (sulfide) groups is 1. The molecule has 0 radical (unpaired) electrons. The van der Waals surface area contributed by atoms with Crippen LogP contribution in [0.25, 0.3) is 0 Å². The predicted molar refractivity (Wildman–Crippen MR) is 90.1 cm³/mol. The molecule has 2 rings (SSSR count). The van der Waals surface area contributed by atoms with E-state index in [-0.39, 0.29) is 0 Å². The third-order valence-electron chi connectivity index (χ3n) is 3.08. The first-order chi connectivity index (χ1) is 11.2. The quantitative estimate of drug-likeness (QED) is 0.474. The standard InChI is InChI=1S/C16H19N3O3S/c1-4-22-15(20)12-10-18-16(23-3)19-14(12)17-9-11-7-5-6-8-13(11)21-2/h5-8,10H,4,9H2,1-3H3,(H,17,18,19). The Bertz CT molecular complexity index is 679. The van der Waals surface area contributed by atoms with Gasteiger partial charge in [-0.3, -0.25) is 0 Å². The van der Waals surface area contributed by atoms with Gasteiger partial charge in [0.15, 0.2) is 5.16 Å². The highest BCUT2D eigenvalue weighted by molar-refractivity contribution is 7.98. The van der Waals surface area contributed by atoms with Gasteiger partial charge in [0, 0.05) is 18.3 Å². The number of methoxy groups -OCH3 is 1. The second-order valence-corrected chi connectivity index (χ2v) is 5.28. The summed E-state index contributed by atoms with van der Waals surface area (Å²) in [6.07, 6.45) is 3.37. The van der Waals surface area contributed by atoms with Crippen LogP contribution >= 0.6 is 11.8 Å². The van der Waals surface area contributed by atoms with Crippen LogP contribution in [0, 0.1) is 0 Å². The molecule has 1 aromatic carbocycles. The number of esters is 1. The lowest BCUT2D eigenvalue weighted by Gasteiger charge is -2.13. The van der Waals surface area contributed by atoms with Gasteiger partial charge in [-0.15, -0.1) is 0 Å². The smallest absolute Gasteiger partial charge is 0.343 e. The molecule has 1 heterocycles. The number of nitrogens with zero attached hydrogens (tertiary/aromatic N) is 2. The molecule has 0 unspecified atom stereocenters. The summed E-state index contributed by atoms with van der Waals surface area (Å²) >= 11 is 1.41. The van der Waals surface area contributed by atoms with Crippen LogP contribution in [0.1, 0.15) is 22.8 Å². The number of nitrogens with one attached hydrogen (secondary N) is 1. The molecule has 0 bridgehead atoms. The van der Waals surface area contributed by atoms with Crippen molar-refractivity contribution < 1.29 is 14.3 Å². The van der Waals surface area contributed by atoms with E-state index in [1.54, 1.807) is 14.0 Å². The molecule has 122 valence electrons. The number of rotatable bonds is 7. The highest BCUT2D eigenvalue weighted by Gasteiger charge is 2.16. The van der Waals surface area contributed by atoms with Gasteiger partial charge in [0.25, 0.3) is 0 Å². The molecular weight excluding hydrogens is 314 g/mol. The van der Waals surface area contributed by atoms with Crippen molar-refractivity contribution in [1.29, 1.82) is 0 Å². The normalized spacial score (nSPS) is 10.2. The third-order valence-corrected chi connectivity index (χ3v) is 3.65. The number of para-hydroxylation sites is 1. The zero-order valence-electron chi connectivity index (χ0n) is 13.3. The maximum Gasteiger partial charge on any atom is 0.343 e. The highest BCUT2D eigenvalue weighted by Crippen LogP contribution is 2.21. The van der Waals surface area contributed by atoms with E-state index in [0.29, 0.717) is 29.7 Å². The molecule has 0 amide bonds. The largest absolute Gasteiger partial charge is 0.496 e. The van der Waals surface area contributed by atoms with Crippen LogP contribution in [0.2, 0.25) is 0 Å². The lowest BCUT2D eigenvalue weighted by molar-refractivity contribution is 0.0526. The van der Waals surface area contributed by atoms with Crippen molar-refractivity contribution >= 4 is 23.5 Å². The van der Waals surface area contributed by atoms with E-state index in [4.69, 9.17) is 9.47 Å². The van der Waals surface area contributed by atoms with E-state index in [0.717, 1.165) is 11.3 Å². The Balaban J connectivity index is 2.24. The Labute approximate surface area is 139 Å². The Hall–Kier alpha value is -2.28. The minimum absolute atomic E-state index is 0.301. The molecule has 0 atom stereocenters. The number of aromatic nitrogens is 2. The summed E-state index contributed by atoms with van der Waals surface area (Å²) in [6, 6.07) is 7.67. The van der Waals surface area contributed by atoms with E-state index >= 15 is 0 Å².